The van der Waals surface area contributed by atoms with Gasteiger partial charge in [0.15, 0.2) is 6.10 Å². The van der Waals surface area contributed by atoms with E-state index >= 15 is 0 Å². The number of aliphatic hydroxyl groups is 1. The molecule has 0 aromatic carbocycles. The summed E-state index contributed by atoms with van der Waals surface area (Å²) in [7, 11) is -5.87. The second kappa shape index (κ2) is 11.5. The molecule has 9 heteroatoms. The van der Waals surface area contributed by atoms with E-state index in [1.54, 1.807) is 6.92 Å². The topological polar surface area (TPSA) is 99.1 Å². The van der Waals surface area contributed by atoms with Crippen LogP contribution in [-0.4, -0.2) is 59.5 Å². The van der Waals surface area contributed by atoms with E-state index in [-0.39, 0.29) is 29.8 Å². The molecule has 0 aliphatic carbocycles. The number of carbonyl (C=O) groups is 1. The number of aliphatic hydroxyl groups excluding tert-OH is 1. The Morgan fingerprint density at radius 1 is 1.04 bits per heavy atom. The Morgan fingerprint density at radius 2 is 1.52 bits per heavy atom. The lowest BCUT2D eigenvalue weighted by Crippen LogP contribution is -2.53. The van der Waals surface area contributed by atoms with Crippen LogP contribution in [0.25, 0.3) is 0 Å². The predicted molar refractivity (Wildman–Crippen MR) is 109 cm³/mol. The molecule has 0 bridgehead atoms. The Morgan fingerprint density at radius 3 is 1.89 bits per heavy atom. The van der Waals surface area contributed by atoms with Crippen molar-refractivity contribution in [1.29, 1.82) is 0 Å². The summed E-state index contributed by atoms with van der Waals surface area (Å²) in [6.07, 6.45) is -0.538. The van der Waals surface area contributed by atoms with Gasteiger partial charge in [-0.1, -0.05) is 41.5 Å². The van der Waals surface area contributed by atoms with Gasteiger partial charge in [0.2, 0.25) is 8.32 Å². The first-order chi connectivity index (χ1) is 12.3. The highest BCUT2D eigenvalue weighted by atomic mass is 32.2. The van der Waals surface area contributed by atoms with E-state index < -0.39 is 36.6 Å². The number of hydrogen-bond donors (Lipinski definition) is 1. The van der Waals surface area contributed by atoms with E-state index in [1.807, 2.05) is 0 Å². The lowest BCUT2D eigenvalue weighted by atomic mass is 10.1. The first-order valence-corrected chi connectivity index (χ1v) is 13.6. The van der Waals surface area contributed by atoms with Crippen molar-refractivity contribution >= 4 is 24.4 Å². The van der Waals surface area contributed by atoms with Crippen LogP contribution in [0.1, 0.15) is 61.3 Å². The SMILES string of the molecule is CCOC(=O)[C@@H](O)[C@@H](CCCOS(C)(=O)=O)O[Si](C(C)C)(C(C)C)C(C)C. The maximum absolute atomic E-state index is 12.1. The van der Waals surface area contributed by atoms with Gasteiger partial charge in [-0.2, -0.15) is 8.42 Å². The smallest absolute Gasteiger partial charge is 0.337 e. The summed E-state index contributed by atoms with van der Waals surface area (Å²) in [4.78, 5) is 12.1. The van der Waals surface area contributed by atoms with Gasteiger partial charge >= 0.3 is 5.97 Å². The number of carbonyl (C=O) groups excluding carboxylic acids is 1. The summed E-state index contributed by atoms with van der Waals surface area (Å²) < 4.78 is 38.6. The molecule has 0 aromatic rings. The molecule has 0 saturated carbocycles. The van der Waals surface area contributed by atoms with Crippen molar-refractivity contribution in [3.8, 4) is 0 Å². The zero-order chi connectivity index (χ0) is 21.4. The summed E-state index contributed by atoms with van der Waals surface area (Å²) in [5, 5.41) is 10.5. The highest BCUT2D eigenvalue weighted by Crippen LogP contribution is 2.43. The first-order valence-electron chi connectivity index (χ1n) is 9.66. The molecule has 162 valence electrons. The fraction of sp³-hybridized carbons (Fsp3) is 0.944. The molecule has 0 aliphatic rings. The van der Waals surface area contributed by atoms with E-state index in [4.69, 9.17) is 13.3 Å². The van der Waals surface area contributed by atoms with Crippen molar-refractivity contribution < 1.29 is 31.7 Å². The number of esters is 1. The van der Waals surface area contributed by atoms with Crippen LogP contribution in [0.15, 0.2) is 0 Å². The monoisotopic (exact) mass is 426 g/mol. The molecule has 2 atom stereocenters. The van der Waals surface area contributed by atoms with E-state index in [2.05, 4.69) is 41.5 Å². The van der Waals surface area contributed by atoms with Crippen molar-refractivity contribution in [2.45, 2.75) is 90.1 Å². The molecule has 0 fully saturated rings. The van der Waals surface area contributed by atoms with Gasteiger partial charge in [0, 0.05) is 0 Å². The minimum atomic E-state index is -3.53. The van der Waals surface area contributed by atoms with Gasteiger partial charge in [0.25, 0.3) is 10.1 Å². The van der Waals surface area contributed by atoms with Crippen LogP contribution in [0.5, 0.6) is 0 Å². The van der Waals surface area contributed by atoms with E-state index in [0.29, 0.717) is 12.8 Å². The third-order valence-electron chi connectivity index (χ3n) is 4.87. The average molecular weight is 427 g/mol. The summed E-state index contributed by atoms with van der Waals surface area (Å²) in [6.45, 7) is 14.5. The molecular formula is C18H38O7SSi. The van der Waals surface area contributed by atoms with Crippen LogP contribution < -0.4 is 0 Å². The van der Waals surface area contributed by atoms with Crippen molar-refractivity contribution in [3.63, 3.8) is 0 Å². The summed E-state index contributed by atoms with van der Waals surface area (Å²) in [5.41, 5.74) is 0.838. The van der Waals surface area contributed by atoms with Crippen LogP contribution in [0, 0.1) is 0 Å². The fourth-order valence-corrected chi connectivity index (χ4v) is 9.83. The molecule has 0 spiro atoms. The maximum Gasteiger partial charge on any atom is 0.337 e. The van der Waals surface area contributed by atoms with E-state index in [1.165, 1.54) is 0 Å². The first kappa shape index (κ1) is 26.5. The van der Waals surface area contributed by atoms with E-state index in [9.17, 15) is 18.3 Å². The Kier molecular flexibility index (Phi) is 11.3. The highest BCUT2D eigenvalue weighted by molar-refractivity contribution is 7.85. The second-order valence-electron chi connectivity index (χ2n) is 7.84. The third kappa shape index (κ3) is 8.19. The third-order valence-corrected chi connectivity index (χ3v) is 11.6. The van der Waals surface area contributed by atoms with Gasteiger partial charge in [-0.05, 0) is 36.4 Å². The quantitative estimate of drug-likeness (QED) is 0.209. The number of rotatable bonds is 13. The van der Waals surface area contributed by atoms with Crippen molar-refractivity contribution in [2.24, 2.45) is 0 Å². The van der Waals surface area contributed by atoms with E-state index in [0.717, 1.165) is 6.26 Å². The van der Waals surface area contributed by atoms with Gasteiger partial charge < -0.3 is 14.3 Å². The molecule has 0 amide bonds. The Hall–Kier alpha value is -0.483. The highest BCUT2D eigenvalue weighted by Gasteiger charge is 2.48. The van der Waals surface area contributed by atoms with Gasteiger partial charge in [0.1, 0.15) is 0 Å². The minimum absolute atomic E-state index is 0.0200. The summed E-state index contributed by atoms with van der Waals surface area (Å²) in [6, 6.07) is 0. The number of ether oxygens (including phenoxy) is 1. The minimum Gasteiger partial charge on any atom is -0.464 e. The lowest BCUT2D eigenvalue weighted by Gasteiger charge is -2.45. The van der Waals surface area contributed by atoms with Crippen LogP contribution in [-0.2, 0) is 28.3 Å². The molecule has 27 heavy (non-hydrogen) atoms. The molecule has 0 radical (unpaired) electrons. The van der Waals surface area contributed by atoms with Gasteiger partial charge in [-0.15, -0.1) is 0 Å². The molecule has 0 aromatic heterocycles. The molecular weight excluding hydrogens is 388 g/mol. The van der Waals surface area contributed by atoms with Crippen LogP contribution in [0.3, 0.4) is 0 Å². The number of hydrogen-bond acceptors (Lipinski definition) is 7. The van der Waals surface area contributed by atoms with Gasteiger partial charge in [0.05, 0.1) is 25.6 Å². The molecule has 0 heterocycles. The maximum atomic E-state index is 12.1. The predicted octanol–water partition coefficient (Wildman–Crippen LogP) is 3.23. The lowest BCUT2D eigenvalue weighted by molar-refractivity contribution is -0.158. The molecule has 0 aliphatic heterocycles. The Labute approximate surface area is 166 Å². The zero-order valence-electron chi connectivity index (χ0n) is 18.0. The van der Waals surface area contributed by atoms with Gasteiger partial charge in [-0.25, -0.2) is 4.79 Å². The standard InChI is InChI=1S/C18H38O7SSi/c1-9-23-18(20)17(19)16(11-10-12-24-26(8,21)22)25-27(13(2)3,14(4)5)15(6)7/h13-17,19H,9-12H2,1-8H3/t16-,17+/m1/s1. The van der Waals surface area contributed by atoms with Crippen LogP contribution in [0.4, 0.5) is 0 Å². The average Bonchev–Trinajstić information content (AvgIpc) is 2.51. The van der Waals surface area contributed by atoms with Crippen LogP contribution >= 0.6 is 0 Å². The molecule has 0 unspecified atom stereocenters. The fourth-order valence-electron chi connectivity index (χ4n) is 3.83. The normalized spacial score (nSPS) is 15.4. The summed E-state index contributed by atoms with van der Waals surface area (Å²) in [5.74, 6) is -0.717. The van der Waals surface area contributed by atoms with Crippen molar-refractivity contribution in [1.82, 2.24) is 0 Å². The Balaban J connectivity index is 5.50. The summed E-state index contributed by atoms with van der Waals surface area (Å²) >= 11 is 0. The molecule has 0 saturated heterocycles. The van der Waals surface area contributed by atoms with Crippen molar-refractivity contribution in [2.75, 3.05) is 19.5 Å². The zero-order valence-corrected chi connectivity index (χ0v) is 19.8. The second-order valence-corrected chi connectivity index (χ2v) is 14.9. The Bertz CT molecular complexity index is 524. The molecule has 7 nitrogen and oxygen atoms in total. The van der Waals surface area contributed by atoms with Crippen molar-refractivity contribution in [3.05, 3.63) is 0 Å². The molecule has 0 rings (SSSR count). The van der Waals surface area contributed by atoms with Crippen LogP contribution in [0.2, 0.25) is 16.6 Å². The molecule has 1 N–H and O–H groups in total. The van der Waals surface area contributed by atoms with Gasteiger partial charge in [-0.3, -0.25) is 4.18 Å². The largest absolute Gasteiger partial charge is 0.464 e.